The van der Waals surface area contributed by atoms with Crippen LogP contribution in [0.3, 0.4) is 0 Å². The normalized spacial score (nSPS) is 18.8. The zero-order valence-corrected chi connectivity index (χ0v) is 15.7. The number of fused-ring (bicyclic) bond motifs is 1. The lowest BCUT2D eigenvalue weighted by molar-refractivity contribution is -0.120. The third kappa shape index (κ3) is 3.30. The highest BCUT2D eigenvalue weighted by Crippen LogP contribution is 2.27. The number of nitrogens with one attached hydrogen (secondary N) is 2. The van der Waals surface area contributed by atoms with Gasteiger partial charge in [-0.2, -0.15) is 5.10 Å². The number of carbonyl (C=O) groups excluding carboxylic acids is 2. The number of hydrogen-bond donors (Lipinski definition) is 2. The Balaban J connectivity index is 0.00000210. The molecule has 0 radical (unpaired) electrons. The summed E-state index contributed by atoms with van der Waals surface area (Å²) in [4.78, 5) is 28.5. The molecule has 7 nitrogen and oxygen atoms in total. The summed E-state index contributed by atoms with van der Waals surface area (Å²) in [6.45, 7) is 1.81. The van der Waals surface area contributed by atoms with Crippen LogP contribution in [0.4, 0.5) is 10.1 Å². The molecule has 1 aromatic heterocycles. The molecule has 2 N–H and O–H groups in total. The SMILES string of the molecule is CN(C(=O)c1n[nH]c2c1CNCC2)C1CCN(c2ccccc2F)C1=O.Cl. The van der Waals surface area contributed by atoms with Crippen LogP contribution >= 0.6 is 12.4 Å². The number of anilines is 1. The van der Waals surface area contributed by atoms with Crippen molar-refractivity contribution < 1.29 is 14.0 Å². The highest BCUT2D eigenvalue weighted by Gasteiger charge is 2.39. The molecule has 0 bridgehead atoms. The van der Waals surface area contributed by atoms with Crippen molar-refractivity contribution in [3.63, 3.8) is 0 Å². The Morgan fingerprint density at radius 1 is 1.37 bits per heavy atom. The van der Waals surface area contributed by atoms with Gasteiger partial charge in [-0.05, 0) is 18.6 Å². The number of carbonyl (C=O) groups is 2. The molecule has 3 heterocycles. The van der Waals surface area contributed by atoms with E-state index in [9.17, 15) is 14.0 Å². The van der Waals surface area contributed by atoms with Crippen molar-refractivity contribution in [2.45, 2.75) is 25.4 Å². The molecule has 9 heteroatoms. The molecule has 2 amide bonds. The zero-order valence-electron chi connectivity index (χ0n) is 14.9. The van der Waals surface area contributed by atoms with Crippen LogP contribution in [0.5, 0.6) is 0 Å². The summed E-state index contributed by atoms with van der Waals surface area (Å²) in [5, 5.41) is 10.3. The van der Waals surface area contributed by atoms with Crippen LogP contribution in [-0.4, -0.2) is 53.1 Å². The van der Waals surface area contributed by atoms with Crippen LogP contribution in [-0.2, 0) is 17.8 Å². The van der Waals surface area contributed by atoms with Crippen LogP contribution < -0.4 is 10.2 Å². The molecule has 1 saturated heterocycles. The Kier molecular flexibility index (Phi) is 5.48. The number of aromatic amines is 1. The van der Waals surface area contributed by atoms with E-state index in [1.54, 1.807) is 25.2 Å². The minimum absolute atomic E-state index is 0. The van der Waals surface area contributed by atoms with Gasteiger partial charge in [-0.15, -0.1) is 12.4 Å². The fourth-order valence-electron chi connectivity index (χ4n) is 3.64. The number of amides is 2. The van der Waals surface area contributed by atoms with Crippen LogP contribution in [0.2, 0.25) is 0 Å². The van der Waals surface area contributed by atoms with Gasteiger partial charge in [-0.25, -0.2) is 4.39 Å². The minimum Gasteiger partial charge on any atom is -0.328 e. The Hall–Kier alpha value is -2.45. The van der Waals surface area contributed by atoms with Crippen molar-refractivity contribution in [2.75, 3.05) is 25.0 Å². The topological polar surface area (TPSA) is 81.3 Å². The first-order chi connectivity index (χ1) is 12.6. The third-order valence-corrected chi connectivity index (χ3v) is 5.12. The zero-order chi connectivity index (χ0) is 18.3. The first-order valence-electron chi connectivity index (χ1n) is 8.68. The molecule has 1 unspecified atom stereocenters. The second-order valence-corrected chi connectivity index (χ2v) is 6.62. The molecule has 1 aromatic carbocycles. The second-order valence-electron chi connectivity index (χ2n) is 6.62. The molecule has 2 aromatic rings. The molecule has 2 aliphatic heterocycles. The van der Waals surface area contributed by atoms with Crippen molar-refractivity contribution >= 4 is 29.9 Å². The molecule has 27 heavy (non-hydrogen) atoms. The van der Waals surface area contributed by atoms with E-state index >= 15 is 0 Å². The van der Waals surface area contributed by atoms with E-state index in [-0.39, 0.29) is 29.9 Å². The maximum absolute atomic E-state index is 14.0. The lowest BCUT2D eigenvalue weighted by Crippen LogP contribution is -2.43. The maximum atomic E-state index is 14.0. The summed E-state index contributed by atoms with van der Waals surface area (Å²) >= 11 is 0. The van der Waals surface area contributed by atoms with E-state index in [1.165, 1.54) is 15.9 Å². The van der Waals surface area contributed by atoms with Gasteiger partial charge >= 0.3 is 0 Å². The molecule has 1 atom stereocenters. The molecule has 0 saturated carbocycles. The monoisotopic (exact) mass is 393 g/mol. The molecule has 0 aliphatic carbocycles. The number of halogens is 2. The van der Waals surface area contributed by atoms with Gasteiger partial charge in [0, 0.05) is 44.4 Å². The van der Waals surface area contributed by atoms with Crippen molar-refractivity contribution in [1.82, 2.24) is 20.4 Å². The van der Waals surface area contributed by atoms with Crippen LogP contribution in [0.15, 0.2) is 24.3 Å². The number of nitrogens with zero attached hydrogens (tertiary/aromatic N) is 3. The summed E-state index contributed by atoms with van der Waals surface area (Å²) in [7, 11) is 1.60. The number of aromatic nitrogens is 2. The summed E-state index contributed by atoms with van der Waals surface area (Å²) < 4.78 is 14.0. The van der Waals surface area contributed by atoms with E-state index in [4.69, 9.17) is 0 Å². The third-order valence-electron chi connectivity index (χ3n) is 5.12. The second kappa shape index (κ2) is 7.66. The average Bonchev–Trinajstić information content (AvgIpc) is 3.25. The van der Waals surface area contributed by atoms with Gasteiger partial charge in [-0.3, -0.25) is 14.7 Å². The summed E-state index contributed by atoms with van der Waals surface area (Å²) in [6, 6.07) is 5.56. The van der Waals surface area contributed by atoms with Gasteiger partial charge < -0.3 is 15.1 Å². The van der Waals surface area contributed by atoms with Gasteiger partial charge in [0.1, 0.15) is 11.9 Å². The minimum atomic E-state index is -0.619. The van der Waals surface area contributed by atoms with Gasteiger partial charge in [0.2, 0.25) is 5.91 Å². The molecule has 1 fully saturated rings. The lowest BCUT2D eigenvalue weighted by atomic mass is 10.1. The first-order valence-corrected chi connectivity index (χ1v) is 8.68. The summed E-state index contributed by atoms with van der Waals surface area (Å²) in [5.74, 6) is -1.00. The van der Waals surface area contributed by atoms with Gasteiger partial charge in [0.15, 0.2) is 5.69 Å². The molecule has 0 spiro atoms. The number of rotatable bonds is 3. The molecule has 4 rings (SSSR count). The number of benzene rings is 1. The first kappa shape index (κ1) is 19.3. The molecule has 2 aliphatic rings. The van der Waals surface area contributed by atoms with Gasteiger partial charge in [-0.1, -0.05) is 12.1 Å². The quantitative estimate of drug-likeness (QED) is 0.828. The number of hydrogen-bond acceptors (Lipinski definition) is 4. The van der Waals surface area contributed by atoms with Crippen molar-refractivity contribution in [3.05, 3.63) is 47.0 Å². The summed E-state index contributed by atoms with van der Waals surface area (Å²) in [6.07, 6.45) is 1.25. The van der Waals surface area contributed by atoms with Crippen molar-refractivity contribution in [3.8, 4) is 0 Å². The fraction of sp³-hybridized carbons (Fsp3) is 0.389. The number of likely N-dealkylation sites (N-methyl/N-ethyl adjacent to an activating group) is 1. The highest BCUT2D eigenvalue weighted by atomic mass is 35.5. The number of H-pyrrole nitrogens is 1. The fourth-order valence-corrected chi connectivity index (χ4v) is 3.64. The van der Waals surface area contributed by atoms with Crippen molar-refractivity contribution in [1.29, 1.82) is 0 Å². The van der Waals surface area contributed by atoms with E-state index < -0.39 is 11.9 Å². The average molecular weight is 394 g/mol. The lowest BCUT2D eigenvalue weighted by Gasteiger charge is -2.24. The van der Waals surface area contributed by atoms with Gasteiger partial charge in [0.05, 0.1) is 5.69 Å². The molecular weight excluding hydrogens is 373 g/mol. The number of para-hydroxylation sites is 1. The Labute approximate surface area is 162 Å². The van der Waals surface area contributed by atoms with Crippen LogP contribution in [0, 0.1) is 5.82 Å². The van der Waals surface area contributed by atoms with E-state index in [0.717, 1.165) is 24.2 Å². The molecular formula is C18H21ClFN5O2. The van der Waals surface area contributed by atoms with Gasteiger partial charge in [0.25, 0.3) is 5.91 Å². The smallest absolute Gasteiger partial charge is 0.275 e. The van der Waals surface area contributed by atoms with Crippen molar-refractivity contribution in [2.24, 2.45) is 0 Å². The standard InChI is InChI=1S/C18H20FN5O2.ClH/c1-23(18(26)16-11-10-20-8-6-13(11)21-22-16)15-7-9-24(17(15)25)14-5-3-2-4-12(14)19;/h2-5,15,20H,6-10H2,1H3,(H,21,22);1H. The Morgan fingerprint density at radius 3 is 2.93 bits per heavy atom. The van der Waals surface area contributed by atoms with Crippen LogP contribution in [0.25, 0.3) is 0 Å². The van der Waals surface area contributed by atoms with Crippen LogP contribution in [0.1, 0.15) is 28.2 Å². The Bertz CT molecular complexity index is 871. The van der Waals surface area contributed by atoms with E-state index in [0.29, 0.717) is 25.2 Å². The van der Waals surface area contributed by atoms with E-state index in [1.807, 2.05) is 0 Å². The maximum Gasteiger partial charge on any atom is 0.275 e. The predicted octanol–water partition coefficient (Wildman–Crippen LogP) is 1.49. The predicted molar refractivity (Wildman–Crippen MR) is 100 cm³/mol. The highest BCUT2D eigenvalue weighted by molar-refractivity contribution is 6.03. The Morgan fingerprint density at radius 2 is 2.15 bits per heavy atom. The largest absolute Gasteiger partial charge is 0.328 e. The van der Waals surface area contributed by atoms with E-state index in [2.05, 4.69) is 15.5 Å². The molecule has 144 valence electrons. The summed E-state index contributed by atoms with van der Waals surface area (Å²) in [5.41, 5.74) is 2.43.